The van der Waals surface area contributed by atoms with Gasteiger partial charge in [-0.2, -0.15) is 0 Å². The monoisotopic (exact) mass is 232 g/mol. The van der Waals surface area contributed by atoms with Gasteiger partial charge in [0, 0.05) is 4.88 Å². The molecule has 1 rings (SSSR count). The van der Waals surface area contributed by atoms with Gasteiger partial charge in [0.2, 0.25) is 0 Å². The Hall–Kier alpha value is -0.0951. The molecule has 0 radical (unpaired) electrons. The van der Waals surface area contributed by atoms with Crippen LogP contribution in [0.4, 0.5) is 0 Å². The molecule has 0 atom stereocenters. The molecule has 58 valence electrons. The van der Waals surface area contributed by atoms with Crippen molar-refractivity contribution in [2.75, 3.05) is 0 Å². The zero-order valence-electron chi connectivity index (χ0n) is 5.57. The fraction of sp³-hybridized carbons (Fsp3) is 0. The van der Waals surface area contributed by atoms with Crippen LogP contribution in [-0.4, -0.2) is 17.2 Å². The lowest BCUT2D eigenvalue weighted by atomic mass is 9.83. The highest BCUT2D eigenvalue weighted by molar-refractivity contribution is 9.11. The molecule has 0 aliphatic carbocycles. The van der Waals surface area contributed by atoms with E-state index in [2.05, 4.69) is 15.9 Å². The molecular weight excluding hydrogens is 227 g/mol. The fourth-order valence-electron chi connectivity index (χ4n) is 0.653. The van der Waals surface area contributed by atoms with E-state index in [1.165, 1.54) is 11.3 Å². The van der Waals surface area contributed by atoms with Crippen molar-refractivity contribution in [1.29, 1.82) is 0 Å². The first-order valence-electron chi connectivity index (χ1n) is 2.95. The molecule has 0 aliphatic rings. The van der Waals surface area contributed by atoms with E-state index < -0.39 is 7.12 Å². The van der Waals surface area contributed by atoms with E-state index in [1.807, 2.05) is 6.08 Å². The third-order valence-corrected chi connectivity index (χ3v) is 2.35. The number of hydrogen-bond acceptors (Lipinski definition) is 3. The van der Waals surface area contributed by atoms with E-state index in [9.17, 15) is 0 Å². The highest BCUT2D eigenvalue weighted by Gasteiger charge is 2.11. The second kappa shape index (κ2) is 4.06. The normalized spacial score (nSPS) is 10.8. The average molecular weight is 233 g/mol. The summed E-state index contributed by atoms with van der Waals surface area (Å²) in [6.45, 7) is 0. The summed E-state index contributed by atoms with van der Waals surface area (Å²) in [5, 5.41) is 19.2. The number of rotatable bonds is 2. The number of halogens is 1. The van der Waals surface area contributed by atoms with Gasteiger partial charge in [-0.1, -0.05) is 15.9 Å². The van der Waals surface area contributed by atoms with Crippen molar-refractivity contribution in [2.24, 2.45) is 0 Å². The van der Waals surface area contributed by atoms with Crippen molar-refractivity contribution in [3.63, 3.8) is 0 Å². The van der Waals surface area contributed by atoms with Crippen molar-refractivity contribution in [3.8, 4) is 0 Å². The lowest BCUT2D eigenvalue weighted by molar-refractivity contribution is 0.426. The molecule has 1 aromatic rings. The first-order chi connectivity index (χ1) is 5.24. The highest BCUT2D eigenvalue weighted by Crippen LogP contribution is 2.10. The van der Waals surface area contributed by atoms with Gasteiger partial charge in [-0.3, -0.25) is 0 Å². The maximum absolute atomic E-state index is 8.73. The molecule has 5 heteroatoms. The topological polar surface area (TPSA) is 40.5 Å². The Morgan fingerprint density at radius 3 is 2.73 bits per heavy atom. The molecule has 11 heavy (non-hydrogen) atoms. The molecule has 2 N–H and O–H groups in total. The summed E-state index contributed by atoms with van der Waals surface area (Å²) in [5.74, 6) is 0. The van der Waals surface area contributed by atoms with Gasteiger partial charge in [-0.05, 0) is 28.0 Å². The molecule has 0 bridgehead atoms. The number of thiophene rings is 1. The zero-order chi connectivity index (χ0) is 8.27. The van der Waals surface area contributed by atoms with Crippen LogP contribution in [0.3, 0.4) is 0 Å². The summed E-state index contributed by atoms with van der Waals surface area (Å²) in [5.41, 5.74) is 0.538. The molecule has 0 spiro atoms. The summed E-state index contributed by atoms with van der Waals surface area (Å²) in [4.78, 5) is 2.72. The molecule has 1 heterocycles. The van der Waals surface area contributed by atoms with Crippen LogP contribution in [0.2, 0.25) is 0 Å². The van der Waals surface area contributed by atoms with E-state index in [0.29, 0.717) is 5.46 Å². The maximum atomic E-state index is 8.73. The first-order valence-corrected chi connectivity index (χ1v) is 4.75. The predicted molar refractivity (Wildman–Crippen MR) is 52.1 cm³/mol. The Labute approximate surface area is 77.5 Å². The zero-order valence-corrected chi connectivity index (χ0v) is 7.97. The molecule has 0 aliphatic heterocycles. The molecule has 0 fully saturated rings. The lowest BCUT2D eigenvalue weighted by Gasteiger charge is -1.88. The summed E-state index contributed by atoms with van der Waals surface area (Å²) in [6.07, 6.45) is 1.84. The SMILES string of the molecule is OB(O)c1csc(/C=C/Br)c1. The Kier molecular flexibility index (Phi) is 3.32. The quantitative estimate of drug-likeness (QED) is 0.741. The van der Waals surface area contributed by atoms with Gasteiger partial charge in [0.1, 0.15) is 0 Å². The van der Waals surface area contributed by atoms with E-state index in [-0.39, 0.29) is 0 Å². The molecule has 2 nitrogen and oxygen atoms in total. The fourth-order valence-corrected chi connectivity index (χ4v) is 1.93. The van der Waals surface area contributed by atoms with Gasteiger partial charge < -0.3 is 10.0 Å². The van der Waals surface area contributed by atoms with Crippen LogP contribution in [0.5, 0.6) is 0 Å². The molecule has 0 saturated carbocycles. The minimum atomic E-state index is -1.36. The van der Waals surface area contributed by atoms with E-state index >= 15 is 0 Å². The van der Waals surface area contributed by atoms with Gasteiger partial charge >= 0.3 is 7.12 Å². The van der Waals surface area contributed by atoms with Crippen LogP contribution in [0.25, 0.3) is 6.08 Å². The molecule has 0 amide bonds. The van der Waals surface area contributed by atoms with Crippen LogP contribution >= 0.6 is 27.3 Å². The van der Waals surface area contributed by atoms with Gasteiger partial charge in [-0.15, -0.1) is 11.3 Å². The summed E-state index contributed by atoms with van der Waals surface area (Å²) in [7, 11) is -1.36. The summed E-state index contributed by atoms with van der Waals surface area (Å²) < 4.78 is 0. The van der Waals surface area contributed by atoms with Crippen molar-refractivity contribution in [3.05, 3.63) is 21.3 Å². The molecular formula is C6H6BBrO2S. The molecule has 1 aromatic heterocycles. The minimum absolute atomic E-state index is 0.538. The Morgan fingerprint density at radius 2 is 2.27 bits per heavy atom. The predicted octanol–water partition coefficient (Wildman–Crippen LogP) is 0.793. The highest BCUT2D eigenvalue weighted by atomic mass is 79.9. The second-order valence-corrected chi connectivity index (χ2v) is 3.42. The van der Waals surface area contributed by atoms with Crippen LogP contribution in [0.15, 0.2) is 16.4 Å². The van der Waals surface area contributed by atoms with Gasteiger partial charge in [0.15, 0.2) is 0 Å². The van der Waals surface area contributed by atoms with Gasteiger partial charge in [0.25, 0.3) is 0 Å². The smallest absolute Gasteiger partial charge is 0.423 e. The largest absolute Gasteiger partial charge is 0.489 e. The molecule has 0 unspecified atom stereocenters. The summed E-state index contributed by atoms with van der Waals surface area (Å²) in [6, 6.07) is 1.73. The van der Waals surface area contributed by atoms with Gasteiger partial charge in [0.05, 0.1) is 0 Å². The third kappa shape index (κ3) is 2.45. The second-order valence-electron chi connectivity index (χ2n) is 1.95. The maximum Gasteiger partial charge on any atom is 0.489 e. The van der Waals surface area contributed by atoms with E-state index in [0.717, 1.165) is 4.88 Å². The van der Waals surface area contributed by atoms with E-state index in [4.69, 9.17) is 10.0 Å². The molecule has 0 saturated heterocycles. The van der Waals surface area contributed by atoms with Crippen LogP contribution < -0.4 is 5.46 Å². The van der Waals surface area contributed by atoms with Crippen LogP contribution in [0.1, 0.15) is 4.88 Å². The van der Waals surface area contributed by atoms with Crippen molar-refractivity contribution in [1.82, 2.24) is 0 Å². The Bertz CT molecular complexity index is 259. The average Bonchev–Trinajstić information content (AvgIpc) is 2.37. The third-order valence-electron chi connectivity index (χ3n) is 1.17. The van der Waals surface area contributed by atoms with Crippen LogP contribution in [-0.2, 0) is 0 Å². The number of hydrogen-bond donors (Lipinski definition) is 2. The Morgan fingerprint density at radius 1 is 1.55 bits per heavy atom. The lowest BCUT2D eigenvalue weighted by Crippen LogP contribution is -2.27. The first kappa shape index (κ1) is 9.00. The Balaban J connectivity index is 2.81. The van der Waals surface area contributed by atoms with Crippen molar-refractivity contribution in [2.45, 2.75) is 0 Å². The van der Waals surface area contributed by atoms with E-state index in [1.54, 1.807) is 16.4 Å². The van der Waals surface area contributed by atoms with Crippen LogP contribution in [0, 0.1) is 0 Å². The van der Waals surface area contributed by atoms with Gasteiger partial charge in [-0.25, -0.2) is 0 Å². The van der Waals surface area contributed by atoms with Crippen molar-refractivity contribution >= 4 is 45.9 Å². The minimum Gasteiger partial charge on any atom is -0.423 e. The molecule has 0 aromatic carbocycles. The standard InChI is InChI=1S/C6H6BBrO2S/c8-2-1-6-3-5(4-11-6)7(9)10/h1-4,9-10H/b2-1+. The summed E-state index contributed by atoms with van der Waals surface area (Å²) >= 11 is 4.60. The van der Waals surface area contributed by atoms with Crippen molar-refractivity contribution < 1.29 is 10.0 Å².